The Balaban J connectivity index is 1.78. The van der Waals surface area contributed by atoms with E-state index in [2.05, 4.69) is 7.05 Å². The average molecular weight is 252 g/mol. The third-order valence-corrected chi connectivity index (χ3v) is 5.78. The summed E-state index contributed by atoms with van der Waals surface area (Å²) < 4.78 is 6.91. The van der Waals surface area contributed by atoms with Crippen LogP contribution in [0.5, 0.6) is 0 Å². The molecule has 3 nitrogen and oxygen atoms in total. The second-order valence-corrected chi connectivity index (χ2v) is 6.85. The van der Waals surface area contributed by atoms with Gasteiger partial charge in [0, 0.05) is 32.1 Å². The molecule has 2 aliphatic carbocycles. The molecule has 0 spiro atoms. The van der Waals surface area contributed by atoms with Crippen molar-refractivity contribution in [3.05, 3.63) is 0 Å². The van der Waals surface area contributed by atoms with Gasteiger partial charge in [0.1, 0.15) is 6.10 Å². The molecule has 2 bridgehead atoms. The normalized spacial score (nSPS) is 41.9. The van der Waals surface area contributed by atoms with Gasteiger partial charge in [-0.05, 0) is 25.2 Å². The largest absolute Gasteiger partial charge is 0.462 e. The molecule has 3 heteroatoms. The molecule has 4 atom stereocenters. The minimum absolute atomic E-state index is 0.0818. The Labute approximate surface area is 110 Å². The van der Waals surface area contributed by atoms with Gasteiger partial charge in [0.05, 0.1) is 26.2 Å². The maximum Gasteiger partial charge on any atom is 0.302 e. The summed E-state index contributed by atoms with van der Waals surface area (Å²) in [4.78, 5) is 11.3. The summed E-state index contributed by atoms with van der Waals surface area (Å²) in [5.74, 6) is 1.21. The highest BCUT2D eigenvalue weighted by Gasteiger charge is 2.53. The molecule has 0 N–H and O–H groups in total. The Bertz CT molecular complexity index is 335. The Kier molecular flexibility index (Phi) is 3.13. The van der Waals surface area contributed by atoms with Crippen LogP contribution in [0.4, 0.5) is 0 Å². The topological polar surface area (TPSA) is 26.3 Å². The predicted octanol–water partition coefficient (Wildman–Crippen LogP) is 2.35. The minimum Gasteiger partial charge on any atom is -0.462 e. The first kappa shape index (κ1) is 12.5. The zero-order valence-corrected chi connectivity index (χ0v) is 11.7. The quantitative estimate of drug-likeness (QED) is 0.557. The van der Waals surface area contributed by atoms with E-state index in [0.717, 1.165) is 6.04 Å². The molecule has 3 fully saturated rings. The third-order valence-electron chi connectivity index (χ3n) is 5.78. The molecule has 0 aromatic carbocycles. The van der Waals surface area contributed by atoms with Gasteiger partial charge < -0.3 is 9.22 Å². The fraction of sp³-hybridized carbons (Fsp3) is 0.933. The van der Waals surface area contributed by atoms with Gasteiger partial charge in [-0.25, -0.2) is 0 Å². The number of quaternary nitrogens is 1. The van der Waals surface area contributed by atoms with Gasteiger partial charge >= 0.3 is 5.97 Å². The molecule has 2 saturated carbocycles. The van der Waals surface area contributed by atoms with Crippen LogP contribution in [-0.2, 0) is 9.53 Å². The van der Waals surface area contributed by atoms with Gasteiger partial charge in [-0.1, -0.05) is 0 Å². The standard InChI is InChI=1S/C15H26NO2/c1-11(17)18-15-12-5-7-13(15)14(8-6-12)16(2)9-3-4-10-16/h12-15H,3-10H2,1-2H3/q+1/t12-,13+,14+,15-/m0/s1. The van der Waals surface area contributed by atoms with Crippen LogP contribution in [0.2, 0.25) is 0 Å². The van der Waals surface area contributed by atoms with Crippen LogP contribution >= 0.6 is 0 Å². The van der Waals surface area contributed by atoms with Crippen LogP contribution in [0.1, 0.15) is 45.4 Å². The molecule has 102 valence electrons. The summed E-state index contributed by atoms with van der Waals surface area (Å²) in [5.41, 5.74) is 0. The van der Waals surface area contributed by atoms with Gasteiger partial charge in [-0.15, -0.1) is 0 Å². The monoisotopic (exact) mass is 252 g/mol. The van der Waals surface area contributed by atoms with Crippen molar-refractivity contribution < 1.29 is 14.0 Å². The first-order valence-corrected chi connectivity index (χ1v) is 7.61. The number of carbonyl (C=O) groups is 1. The molecule has 1 saturated heterocycles. The number of esters is 1. The summed E-state index contributed by atoms with van der Waals surface area (Å²) in [6.45, 7) is 4.23. The predicted molar refractivity (Wildman–Crippen MR) is 69.9 cm³/mol. The minimum atomic E-state index is -0.0818. The molecule has 3 rings (SSSR count). The van der Waals surface area contributed by atoms with Crippen molar-refractivity contribution in [2.45, 2.75) is 57.6 Å². The fourth-order valence-corrected chi connectivity index (χ4v) is 4.94. The number of hydrogen-bond donors (Lipinski definition) is 0. The van der Waals surface area contributed by atoms with E-state index in [1.807, 2.05) is 0 Å². The number of nitrogens with zero attached hydrogens (tertiary/aromatic N) is 1. The second kappa shape index (κ2) is 4.52. The maximum atomic E-state index is 11.3. The molecule has 0 amide bonds. The summed E-state index contributed by atoms with van der Waals surface area (Å²) >= 11 is 0. The van der Waals surface area contributed by atoms with E-state index in [1.54, 1.807) is 6.92 Å². The molecule has 0 aromatic rings. The number of ether oxygens (including phenoxy) is 1. The van der Waals surface area contributed by atoms with Crippen LogP contribution in [0.15, 0.2) is 0 Å². The first-order valence-electron chi connectivity index (χ1n) is 7.61. The van der Waals surface area contributed by atoms with Crippen molar-refractivity contribution in [2.24, 2.45) is 11.8 Å². The van der Waals surface area contributed by atoms with Gasteiger partial charge in [0.15, 0.2) is 0 Å². The summed E-state index contributed by atoms with van der Waals surface area (Å²) in [6.07, 6.45) is 8.16. The van der Waals surface area contributed by atoms with E-state index in [4.69, 9.17) is 4.74 Å². The van der Waals surface area contributed by atoms with Crippen LogP contribution in [0.3, 0.4) is 0 Å². The highest BCUT2D eigenvalue weighted by Crippen LogP contribution is 2.48. The van der Waals surface area contributed by atoms with E-state index in [-0.39, 0.29) is 12.1 Å². The van der Waals surface area contributed by atoms with Crippen molar-refractivity contribution >= 4 is 5.97 Å². The lowest BCUT2D eigenvalue weighted by Crippen LogP contribution is -2.57. The zero-order valence-electron chi connectivity index (χ0n) is 11.7. The molecular formula is C15H26NO2+. The van der Waals surface area contributed by atoms with Crippen molar-refractivity contribution in [3.63, 3.8) is 0 Å². The van der Waals surface area contributed by atoms with Crippen LogP contribution < -0.4 is 0 Å². The Hall–Kier alpha value is -0.570. The molecule has 3 aliphatic rings. The zero-order chi connectivity index (χ0) is 12.8. The van der Waals surface area contributed by atoms with E-state index < -0.39 is 0 Å². The number of carbonyl (C=O) groups excluding carboxylic acids is 1. The number of hydrogen-bond acceptors (Lipinski definition) is 2. The third kappa shape index (κ3) is 1.97. The Morgan fingerprint density at radius 3 is 2.44 bits per heavy atom. The summed E-state index contributed by atoms with van der Waals surface area (Å²) in [5, 5.41) is 0. The molecule has 1 aliphatic heterocycles. The number of likely N-dealkylation sites (tertiary alicyclic amines) is 1. The summed E-state index contributed by atoms with van der Waals surface area (Å²) in [7, 11) is 2.43. The van der Waals surface area contributed by atoms with Gasteiger partial charge in [0.2, 0.25) is 0 Å². The second-order valence-electron chi connectivity index (χ2n) is 6.85. The molecule has 0 unspecified atom stereocenters. The fourth-order valence-electron chi connectivity index (χ4n) is 4.94. The maximum absolute atomic E-state index is 11.3. The molecule has 0 radical (unpaired) electrons. The highest BCUT2D eigenvalue weighted by atomic mass is 16.5. The Morgan fingerprint density at radius 1 is 1.11 bits per heavy atom. The lowest BCUT2D eigenvalue weighted by molar-refractivity contribution is -0.927. The van der Waals surface area contributed by atoms with Crippen LogP contribution in [0.25, 0.3) is 0 Å². The smallest absolute Gasteiger partial charge is 0.302 e. The van der Waals surface area contributed by atoms with Crippen LogP contribution in [0, 0.1) is 11.8 Å². The first-order chi connectivity index (χ1) is 8.60. The Morgan fingerprint density at radius 2 is 1.78 bits per heavy atom. The lowest BCUT2D eigenvalue weighted by atomic mass is 9.80. The van der Waals surface area contributed by atoms with E-state index in [9.17, 15) is 4.79 Å². The number of fused-ring (bicyclic) bond motifs is 2. The van der Waals surface area contributed by atoms with Crippen molar-refractivity contribution in [1.82, 2.24) is 0 Å². The van der Waals surface area contributed by atoms with E-state index >= 15 is 0 Å². The molecule has 18 heavy (non-hydrogen) atoms. The molecule has 1 heterocycles. The highest BCUT2D eigenvalue weighted by molar-refractivity contribution is 5.66. The molecular weight excluding hydrogens is 226 g/mol. The lowest BCUT2D eigenvalue weighted by Gasteiger charge is -2.45. The van der Waals surface area contributed by atoms with Crippen molar-refractivity contribution in [3.8, 4) is 0 Å². The van der Waals surface area contributed by atoms with E-state index in [0.29, 0.717) is 11.8 Å². The van der Waals surface area contributed by atoms with E-state index in [1.165, 1.54) is 56.1 Å². The average Bonchev–Trinajstić information content (AvgIpc) is 2.83. The molecule has 0 aromatic heterocycles. The van der Waals surface area contributed by atoms with Gasteiger partial charge in [-0.2, -0.15) is 0 Å². The van der Waals surface area contributed by atoms with Gasteiger partial charge in [0.25, 0.3) is 0 Å². The SMILES string of the molecule is CC(=O)O[C@H]1[C@H]2CC[C@@H]1[C@H]([N+]1(C)CCCC1)CC2. The van der Waals surface area contributed by atoms with Crippen molar-refractivity contribution in [2.75, 3.05) is 20.1 Å². The number of rotatable bonds is 2. The van der Waals surface area contributed by atoms with Gasteiger partial charge in [-0.3, -0.25) is 4.79 Å². The van der Waals surface area contributed by atoms with Crippen LogP contribution in [-0.4, -0.2) is 42.7 Å². The van der Waals surface area contributed by atoms with Crippen molar-refractivity contribution in [1.29, 1.82) is 0 Å². The summed E-state index contributed by atoms with van der Waals surface area (Å²) in [6, 6.07) is 0.746.